The van der Waals surface area contributed by atoms with E-state index in [9.17, 15) is 4.79 Å². The molecule has 1 aromatic heterocycles. The van der Waals surface area contributed by atoms with Crippen LogP contribution in [0.15, 0.2) is 36.4 Å². The number of nitrogens with zero attached hydrogens (tertiary/aromatic N) is 1. The topological polar surface area (TPSA) is 54.0 Å². The average Bonchev–Trinajstić information content (AvgIpc) is 3.02. The third-order valence-electron chi connectivity index (χ3n) is 4.30. The first-order valence-electron chi connectivity index (χ1n) is 8.22. The predicted octanol–water partition coefficient (Wildman–Crippen LogP) is 3.92. The van der Waals surface area contributed by atoms with E-state index in [4.69, 9.17) is 4.98 Å². The highest BCUT2D eigenvalue weighted by molar-refractivity contribution is 7.18. The van der Waals surface area contributed by atoms with Crippen LogP contribution in [0, 0.1) is 5.92 Å². The maximum Gasteiger partial charge on any atom is 0.224 e. The summed E-state index contributed by atoms with van der Waals surface area (Å²) in [5.74, 6) is 0.353. The number of carbonyl (C=O) groups excluding carboxylic acids is 1. The van der Waals surface area contributed by atoms with Crippen LogP contribution in [0.2, 0.25) is 0 Å². The van der Waals surface area contributed by atoms with Crippen LogP contribution in [0.4, 0.5) is 0 Å². The fourth-order valence-corrected chi connectivity index (χ4v) is 4.18. The van der Waals surface area contributed by atoms with Crippen LogP contribution in [-0.4, -0.2) is 31.0 Å². The lowest BCUT2D eigenvalue weighted by atomic mass is 9.82. The maximum atomic E-state index is 12.6. The molecule has 0 fully saturated rings. The standard InChI is InChI=1S/C18H23N3OS.2ClH/c1-19-11-6-12-20-17(22)13-7-2-3-8-14(13)18-21-15-9-4-5-10-16(15)23-18;;/h2-5,9-10,13-14,19H,6-8,11-12H2,1H3,(H,20,22);2*1H. The van der Waals surface area contributed by atoms with Crippen LogP contribution in [0.25, 0.3) is 10.2 Å². The second kappa shape index (κ2) is 10.8. The van der Waals surface area contributed by atoms with Gasteiger partial charge in [-0.1, -0.05) is 24.3 Å². The summed E-state index contributed by atoms with van der Waals surface area (Å²) in [7, 11) is 1.93. The summed E-state index contributed by atoms with van der Waals surface area (Å²) < 4.78 is 1.20. The number of hydrogen-bond acceptors (Lipinski definition) is 4. The van der Waals surface area contributed by atoms with E-state index in [1.807, 2.05) is 25.2 Å². The molecular weight excluding hydrogens is 377 g/mol. The van der Waals surface area contributed by atoms with Crippen LogP contribution in [-0.2, 0) is 4.79 Å². The SMILES string of the molecule is CNCCCNC(=O)C1CC=CCC1c1nc2ccccc2s1.Cl.Cl. The van der Waals surface area contributed by atoms with Crippen molar-refractivity contribution in [3.05, 3.63) is 41.4 Å². The molecule has 0 bridgehead atoms. The summed E-state index contributed by atoms with van der Waals surface area (Å²) >= 11 is 1.72. The van der Waals surface area contributed by atoms with E-state index >= 15 is 0 Å². The number of amides is 1. The molecule has 138 valence electrons. The minimum atomic E-state index is -0.00449. The number of rotatable bonds is 6. The van der Waals surface area contributed by atoms with Gasteiger partial charge in [0, 0.05) is 12.5 Å². The molecule has 0 saturated carbocycles. The van der Waals surface area contributed by atoms with Crippen molar-refractivity contribution >= 4 is 52.3 Å². The molecule has 0 aliphatic heterocycles. The Bertz CT molecular complexity index is 671. The van der Waals surface area contributed by atoms with Crippen molar-refractivity contribution < 1.29 is 4.79 Å². The molecule has 2 N–H and O–H groups in total. The zero-order valence-corrected chi connectivity index (χ0v) is 16.7. The molecule has 7 heteroatoms. The largest absolute Gasteiger partial charge is 0.356 e. The van der Waals surface area contributed by atoms with Crippen LogP contribution in [0.5, 0.6) is 0 Å². The Labute approximate surface area is 165 Å². The molecule has 0 radical (unpaired) electrons. The second-order valence-corrected chi connectivity index (χ2v) is 6.99. The number of benzene rings is 1. The van der Waals surface area contributed by atoms with Gasteiger partial charge in [0.05, 0.1) is 21.1 Å². The zero-order valence-electron chi connectivity index (χ0n) is 14.2. The number of thiazole rings is 1. The van der Waals surface area contributed by atoms with E-state index in [-0.39, 0.29) is 42.6 Å². The molecule has 2 aromatic rings. The Balaban J connectivity index is 0.00000156. The first-order valence-corrected chi connectivity index (χ1v) is 9.04. The monoisotopic (exact) mass is 401 g/mol. The van der Waals surface area contributed by atoms with Gasteiger partial charge in [-0.2, -0.15) is 0 Å². The number of para-hydroxylation sites is 1. The van der Waals surface area contributed by atoms with Gasteiger partial charge in [0.15, 0.2) is 0 Å². The summed E-state index contributed by atoms with van der Waals surface area (Å²) in [6.07, 6.45) is 6.96. The van der Waals surface area contributed by atoms with Gasteiger partial charge in [-0.05, 0) is 45.0 Å². The summed E-state index contributed by atoms with van der Waals surface area (Å²) in [5, 5.41) is 7.27. The third-order valence-corrected chi connectivity index (χ3v) is 5.47. The van der Waals surface area contributed by atoms with E-state index in [0.29, 0.717) is 0 Å². The van der Waals surface area contributed by atoms with E-state index in [0.717, 1.165) is 42.9 Å². The van der Waals surface area contributed by atoms with Crippen molar-refractivity contribution in [1.29, 1.82) is 0 Å². The molecule has 1 aliphatic rings. The van der Waals surface area contributed by atoms with Gasteiger partial charge in [-0.3, -0.25) is 4.79 Å². The van der Waals surface area contributed by atoms with Crippen LogP contribution >= 0.6 is 36.2 Å². The first-order chi connectivity index (χ1) is 11.3. The quantitative estimate of drug-likeness (QED) is 0.569. The van der Waals surface area contributed by atoms with Gasteiger partial charge >= 0.3 is 0 Å². The molecule has 4 nitrogen and oxygen atoms in total. The summed E-state index contributed by atoms with van der Waals surface area (Å²) in [6, 6.07) is 8.19. The van der Waals surface area contributed by atoms with Crippen molar-refractivity contribution in [3.63, 3.8) is 0 Å². The van der Waals surface area contributed by atoms with Gasteiger partial charge in [-0.25, -0.2) is 4.98 Å². The Hall–Kier alpha value is -1.14. The molecule has 1 heterocycles. The first kappa shape index (κ1) is 21.9. The number of carbonyl (C=O) groups is 1. The van der Waals surface area contributed by atoms with Gasteiger partial charge in [0.1, 0.15) is 0 Å². The summed E-state index contributed by atoms with van der Waals surface area (Å²) in [5.41, 5.74) is 1.04. The lowest BCUT2D eigenvalue weighted by molar-refractivity contribution is -0.125. The molecule has 3 rings (SSSR count). The molecule has 2 atom stereocenters. The third kappa shape index (κ3) is 5.42. The van der Waals surface area contributed by atoms with Crippen molar-refractivity contribution in [3.8, 4) is 0 Å². The van der Waals surface area contributed by atoms with Crippen molar-refractivity contribution in [2.24, 2.45) is 5.92 Å². The minimum absolute atomic E-state index is 0. The second-order valence-electron chi connectivity index (χ2n) is 5.92. The molecule has 1 aromatic carbocycles. The Morgan fingerprint density at radius 1 is 1.20 bits per heavy atom. The lowest BCUT2D eigenvalue weighted by Gasteiger charge is -2.26. The highest BCUT2D eigenvalue weighted by atomic mass is 35.5. The van der Waals surface area contributed by atoms with Crippen molar-refractivity contribution in [1.82, 2.24) is 15.6 Å². The minimum Gasteiger partial charge on any atom is -0.356 e. The van der Waals surface area contributed by atoms with Crippen molar-refractivity contribution in [2.75, 3.05) is 20.1 Å². The van der Waals surface area contributed by atoms with Gasteiger partial charge < -0.3 is 10.6 Å². The van der Waals surface area contributed by atoms with E-state index < -0.39 is 0 Å². The Morgan fingerprint density at radius 2 is 1.96 bits per heavy atom. The van der Waals surface area contributed by atoms with Crippen LogP contribution in [0.3, 0.4) is 0 Å². The molecule has 2 unspecified atom stereocenters. The fraction of sp³-hybridized carbons (Fsp3) is 0.444. The molecule has 25 heavy (non-hydrogen) atoms. The molecular formula is C18H25Cl2N3OS. The maximum absolute atomic E-state index is 12.6. The van der Waals surface area contributed by atoms with E-state index in [1.165, 1.54) is 4.70 Å². The van der Waals surface area contributed by atoms with Crippen LogP contribution in [0.1, 0.15) is 30.2 Å². The van der Waals surface area contributed by atoms with Crippen molar-refractivity contribution in [2.45, 2.75) is 25.2 Å². The molecule has 0 spiro atoms. The van der Waals surface area contributed by atoms with Gasteiger partial charge in [-0.15, -0.1) is 36.2 Å². The predicted molar refractivity (Wildman–Crippen MR) is 110 cm³/mol. The number of halogens is 2. The number of aromatic nitrogens is 1. The smallest absolute Gasteiger partial charge is 0.224 e. The van der Waals surface area contributed by atoms with Gasteiger partial charge in [0.2, 0.25) is 5.91 Å². The Morgan fingerprint density at radius 3 is 2.72 bits per heavy atom. The number of nitrogens with one attached hydrogen (secondary N) is 2. The molecule has 1 aliphatic carbocycles. The molecule has 0 saturated heterocycles. The Kier molecular flexibility index (Phi) is 9.43. The normalized spacial score (nSPS) is 19.1. The average molecular weight is 402 g/mol. The summed E-state index contributed by atoms with van der Waals surface area (Å²) in [6.45, 7) is 1.65. The van der Waals surface area contributed by atoms with E-state index in [1.54, 1.807) is 11.3 Å². The fourth-order valence-electron chi connectivity index (χ4n) is 3.03. The summed E-state index contributed by atoms with van der Waals surface area (Å²) in [4.78, 5) is 17.3. The lowest BCUT2D eigenvalue weighted by Crippen LogP contribution is -2.36. The van der Waals surface area contributed by atoms with Crippen LogP contribution < -0.4 is 10.6 Å². The van der Waals surface area contributed by atoms with Gasteiger partial charge in [0.25, 0.3) is 0 Å². The number of allylic oxidation sites excluding steroid dienone is 2. The molecule has 1 amide bonds. The highest BCUT2D eigenvalue weighted by Gasteiger charge is 2.32. The highest BCUT2D eigenvalue weighted by Crippen LogP contribution is 2.38. The number of fused-ring (bicyclic) bond motifs is 1. The van der Waals surface area contributed by atoms with E-state index in [2.05, 4.69) is 28.9 Å². The zero-order chi connectivity index (χ0) is 16.1. The number of hydrogen-bond donors (Lipinski definition) is 2.